The van der Waals surface area contributed by atoms with E-state index in [0.717, 1.165) is 22.3 Å². The molecule has 1 aromatic carbocycles. The highest BCUT2D eigenvalue weighted by Gasteiger charge is 2.25. The zero-order valence-electron chi connectivity index (χ0n) is 10.8. The van der Waals surface area contributed by atoms with Crippen LogP contribution in [0.5, 0.6) is 0 Å². The monoisotopic (exact) mass is 275 g/mol. The lowest BCUT2D eigenvalue weighted by Crippen LogP contribution is -2.26. The molecule has 0 spiro atoms. The highest BCUT2D eigenvalue weighted by molar-refractivity contribution is 6.31. The van der Waals surface area contributed by atoms with E-state index in [9.17, 15) is 5.11 Å². The second-order valence-corrected chi connectivity index (χ2v) is 5.62. The number of halogens is 1. The largest absolute Gasteiger partial charge is 0.386 e. The molecule has 5 heteroatoms. The Bertz CT molecular complexity index is 713. The first kappa shape index (κ1) is 12.4. The fourth-order valence-corrected chi connectivity index (χ4v) is 2.57. The maximum absolute atomic E-state index is 10.2. The topological polar surface area (TPSA) is 50.9 Å². The van der Waals surface area contributed by atoms with Gasteiger partial charge >= 0.3 is 0 Å². The zero-order valence-corrected chi connectivity index (χ0v) is 11.5. The molecule has 1 aliphatic rings. The molecule has 1 atom stereocenters. The zero-order chi connectivity index (χ0) is 13.6. The van der Waals surface area contributed by atoms with Crippen LogP contribution in [0.4, 0.5) is 0 Å². The highest BCUT2D eigenvalue weighted by Crippen LogP contribution is 2.28. The molecule has 0 amide bonds. The molecule has 1 N–H and O–H groups in total. The number of hydrogen-bond donors (Lipinski definition) is 1. The van der Waals surface area contributed by atoms with Gasteiger partial charge in [-0.15, -0.1) is 10.2 Å². The van der Waals surface area contributed by atoms with Crippen molar-refractivity contribution in [2.45, 2.75) is 25.9 Å². The molecule has 4 nitrogen and oxygen atoms in total. The molecule has 98 valence electrons. The molecule has 0 radical (unpaired) electrons. The Morgan fingerprint density at radius 3 is 2.79 bits per heavy atom. The summed E-state index contributed by atoms with van der Waals surface area (Å²) in [7, 11) is 0. The van der Waals surface area contributed by atoms with Crippen LogP contribution in [0.1, 0.15) is 20.3 Å². The van der Waals surface area contributed by atoms with Gasteiger partial charge in [0.15, 0.2) is 0 Å². The van der Waals surface area contributed by atoms with E-state index in [0.29, 0.717) is 11.4 Å². The number of hydrogen-bond acceptors (Lipinski definition) is 3. The third-order valence-corrected chi connectivity index (χ3v) is 3.31. The van der Waals surface area contributed by atoms with Gasteiger partial charge in [0.25, 0.3) is 0 Å². The van der Waals surface area contributed by atoms with Gasteiger partial charge in [0.1, 0.15) is 11.0 Å². The average Bonchev–Trinajstić information content (AvgIpc) is 2.69. The Hall–Kier alpha value is -1.65. The van der Waals surface area contributed by atoms with Gasteiger partial charge in [0.05, 0.1) is 11.3 Å². The van der Waals surface area contributed by atoms with Gasteiger partial charge in [-0.2, -0.15) is 4.80 Å². The molecule has 0 fully saturated rings. The van der Waals surface area contributed by atoms with Crippen molar-refractivity contribution in [2.75, 3.05) is 0 Å². The summed E-state index contributed by atoms with van der Waals surface area (Å²) in [5.41, 5.74) is 2.56. The van der Waals surface area contributed by atoms with Crippen LogP contribution >= 0.6 is 11.6 Å². The molecule has 0 bridgehead atoms. The van der Waals surface area contributed by atoms with Crippen molar-refractivity contribution in [3.05, 3.63) is 40.9 Å². The minimum Gasteiger partial charge on any atom is -0.386 e. The summed E-state index contributed by atoms with van der Waals surface area (Å²) in [5.74, 6) is 0. The molecule has 2 aromatic rings. The lowest BCUT2D eigenvalue weighted by molar-refractivity contribution is 0.114. The summed E-state index contributed by atoms with van der Waals surface area (Å²) in [6.45, 7) is 3.73. The van der Waals surface area contributed by atoms with Crippen LogP contribution in [0.15, 0.2) is 35.9 Å². The molecule has 0 aliphatic heterocycles. The van der Waals surface area contributed by atoms with Crippen LogP contribution in [-0.2, 0) is 0 Å². The average molecular weight is 276 g/mol. The standard InChI is InChI=1S/C14H14ClN3O/c1-9-5-11(8-14(2,19)7-9)18-16-12-4-3-10(15)6-13(12)17-18/h3-7,19H,8H2,1-2H3. The van der Waals surface area contributed by atoms with Crippen molar-refractivity contribution in [1.82, 2.24) is 15.0 Å². The maximum Gasteiger partial charge on any atom is 0.115 e. The van der Waals surface area contributed by atoms with Crippen LogP contribution in [-0.4, -0.2) is 25.7 Å². The third-order valence-electron chi connectivity index (χ3n) is 3.07. The Morgan fingerprint density at radius 1 is 1.32 bits per heavy atom. The van der Waals surface area contributed by atoms with Crippen LogP contribution in [0, 0.1) is 0 Å². The molecule has 0 saturated carbocycles. The molecule has 1 aromatic heterocycles. The summed E-state index contributed by atoms with van der Waals surface area (Å²) in [6, 6.07) is 5.41. The maximum atomic E-state index is 10.2. The fourth-order valence-electron chi connectivity index (χ4n) is 2.41. The van der Waals surface area contributed by atoms with E-state index in [2.05, 4.69) is 10.2 Å². The molecule has 1 heterocycles. The van der Waals surface area contributed by atoms with Gasteiger partial charge in [-0.3, -0.25) is 0 Å². The van der Waals surface area contributed by atoms with Crippen LogP contribution in [0.25, 0.3) is 16.7 Å². The van der Waals surface area contributed by atoms with E-state index < -0.39 is 5.60 Å². The summed E-state index contributed by atoms with van der Waals surface area (Å²) in [5, 5.41) is 19.7. The predicted octanol–water partition coefficient (Wildman–Crippen LogP) is 3.03. The fraction of sp³-hybridized carbons (Fsp3) is 0.286. The Kier molecular flexibility index (Phi) is 2.73. The Balaban J connectivity index is 2.08. The Labute approximate surface area is 116 Å². The van der Waals surface area contributed by atoms with E-state index in [1.54, 1.807) is 23.9 Å². The van der Waals surface area contributed by atoms with E-state index >= 15 is 0 Å². The van der Waals surface area contributed by atoms with Crippen molar-refractivity contribution >= 4 is 28.3 Å². The lowest BCUT2D eigenvalue weighted by Gasteiger charge is -2.24. The smallest absolute Gasteiger partial charge is 0.115 e. The number of aliphatic hydroxyl groups is 1. The number of aromatic nitrogens is 3. The summed E-state index contributed by atoms with van der Waals surface area (Å²) in [6.07, 6.45) is 4.31. The van der Waals surface area contributed by atoms with E-state index in [-0.39, 0.29) is 0 Å². The van der Waals surface area contributed by atoms with Gasteiger partial charge in [-0.25, -0.2) is 0 Å². The van der Waals surface area contributed by atoms with E-state index in [1.807, 2.05) is 25.1 Å². The van der Waals surface area contributed by atoms with Crippen molar-refractivity contribution in [3.63, 3.8) is 0 Å². The molecular weight excluding hydrogens is 262 g/mol. The van der Waals surface area contributed by atoms with E-state index in [4.69, 9.17) is 11.6 Å². The number of rotatable bonds is 1. The number of benzene rings is 1. The van der Waals surface area contributed by atoms with Crippen molar-refractivity contribution in [1.29, 1.82) is 0 Å². The molecule has 0 saturated heterocycles. The van der Waals surface area contributed by atoms with Gasteiger partial charge < -0.3 is 5.11 Å². The SMILES string of the molecule is CC1=CC(C)(O)CC(n2nc3ccc(Cl)cc3n2)=C1. The molecule has 1 aliphatic carbocycles. The second-order valence-electron chi connectivity index (χ2n) is 5.18. The van der Waals surface area contributed by atoms with Crippen molar-refractivity contribution in [3.8, 4) is 0 Å². The molecule has 1 unspecified atom stereocenters. The normalized spacial score (nSPS) is 23.4. The number of allylic oxidation sites excluding steroid dienone is 2. The van der Waals surface area contributed by atoms with Crippen LogP contribution < -0.4 is 0 Å². The molecule has 19 heavy (non-hydrogen) atoms. The predicted molar refractivity (Wildman–Crippen MR) is 75.8 cm³/mol. The molecular formula is C14H14ClN3O. The minimum absolute atomic E-state index is 0.485. The first-order valence-corrected chi connectivity index (χ1v) is 6.46. The minimum atomic E-state index is -0.856. The quantitative estimate of drug-likeness (QED) is 0.870. The lowest BCUT2D eigenvalue weighted by atomic mass is 9.92. The second kappa shape index (κ2) is 4.18. The van der Waals surface area contributed by atoms with Crippen LogP contribution in [0.3, 0.4) is 0 Å². The van der Waals surface area contributed by atoms with Crippen molar-refractivity contribution in [2.24, 2.45) is 0 Å². The summed E-state index contributed by atoms with van der Waals surface area (Å²) >= 11 is 5.94. The Morgan fingerprint density at radius 2 is 2.05 bits per heavy atom. The molecule has 3 rings (SSSR count). The van der Waals surface area contributed by atoms with Gasteiger partial charge in [0, 0.05) is 11.4 Å². The number of fused-ring (bicyclic) bond motifs is 1. The summed E-state index contributed by atoms with van der Waals surface area (Å²) < 4.78 is 0. The van der Waals surface area contributed by atoms with Gasteiger partial charge in [0.2, 0.25) is 0 Å². The first-order valence-electron chi connectivity index (χ1n) is 6.08. The third kappa shape index (κ3) is 2.41. The van der Waals surface area contributed by atoms with Gasteiger partial charge in [-0.1, -0.05) is 23.3 Å². The summed E-state index contributed by atoms with van der Waals surface area (Å²) in [4.78, 5) is 1.58. The first-order chi connectivity index (χ1) is 8.93. The van der Waals surface area contributed by atoms with Crippen molar-refractivity contribution < 1.29 is 5.11 Å². The number of nitrogens with zero attached hydrogens (tertiary/aromatic N) is 3. The highest BCUT2D eigenvalue weighted by atomic mass is 35.5. The van der Waals surface area contributed by atoms with Crippen LogP contribution in [0.2, 0.25) is 5.02 Å². The van der Waals surface area contributed by atoms with Gasteiger partial charge in [-0.05, 0) is 38.1 Å². The van der Waals surface area contributed by atoms with E-state index in [1.165, 1.54) is 0 Å².